The fourth-order valence-electron chi connectivity index (χ4n) is 1.40. The summed E-state index contributed by atoms with van der Waals surface area (Å²) < 4.78 is 43.9. The molecule has 88 valence electrons. The number of carbonyl (C=O) groups excluding carboxylic acids is 1. The molecule has 0 aliphatic carbocycles. The van der Waals surface area contributed by atoms with Gasteiger partial charge < -0.3 is 10.1 Å². The minimum absolute atomic E-state index is 0.00297. The zero-order valence-electron chi connectivity index (χ0n) is 8.13. The maximum atomic E-state index is 11.8. The number of alkyl halides is 3. The van der Waals surface area contributed by atoms with Crippen molar-refractivity contribution in [2.45, 2.75) is 31.9 Å². The molecule has 0 aromatic heterocycles. The van der Waals surface area contributed by atoms with Crippen LogP contribution in [0.5, 0.6) is 0 Å². The Bertz CT molecular complexity index is 232. The van der Waals surface area contributed by atoms with Gasteiger partial charge in [-0.3, -0.25) is 9.53 Å². The van der Waals surface area contributed by atoms with Gasteiger partial charge in [0.1, 0.15) is 6.04 Å². The number of hydrogen-bond acceptors (Lipinski definition) is 4. The number of halogens is 3. The molecular formula is C8H12F3NO3. The Morgan fingerprint density at radius 1 is 1.53 bits per heavy atom. The minimum Gasteiger partial charge on any atom is -0.465 e. The first-order chi connectivity index (χ1) is 6.92. The molecule has 0 spiro atoms. The van der Waals surface area contributed by atoms with E-state index in [4.69, 9.17) is 0 Å². The summed E-state index contributed by atoms with van der Waals surface area (Å²) >= 11 is 0. The summed E-state index contributed by atoms with van der Waals surface area (Å²) in [5.41, 5.74) is 0. The van der Waals surface area contributed by atoms with Crippen LogP contribution in [0.25, 0.3) is 0 Å². The van der Waals surface area contributed by atoms with E-state index in [0.29, 0.717) is 0 Å². The molecule has 1 heterocycles. The van der Waals surface area contributed by atoms with Gasteiger partial charge in [-0.25, -0.2) is 0 Å². The van der Waals surface area contributed by atoms with Gasteiger partial charge in [-0.15, -0.1) is 13.2 Å². The molecule has 1 aliphatic rings. The maximum Gasteiger partial charge on any atom is 0.522 e. The second-order valence-electron chi connectivity index (χ2n) is 3.13. The summed E-state index contributed by atoms with van der Waals surface area (Å²) in [5, 5.41) is 2.61. The zero-order chi connectivity index (χ0) is 11.5. The van der Waals surface area contributed by atoms with E-state index >= 15 is 0 Å². The Labute approximate surface area is 84.7 Å². The number of esters is 1. The minimum atomic E-state index is -4.66. The monoisotopic (exact) mass is 227 g/mol. The van der Waals surface area contributed by atoms with E-state index in [1.165, 1.54) is 0 Å². The van der Waals surface area contributed by atoms with E-state index in [2.05, 4.69) is 14.8 Å². The molecule has 0 radical (unpaired) electrons. The Balaban J connectivity index is 2.36. The quantitative estimate of drug-likeness (QED) is 0.725. The Kier molecular flexibility index (Phi) is 3.92. The van der Waals surface area contributed by atoms with E-state index in [-0.39, 0.29) is 19.6 Å². The topological polar surface area (TPSA) is 47.6 Å². The molecule has 2 atom stereocenters. The van der Waals surface area contributed by atoms with Crippen molar-refractivity contribution in [2.75, 3.05) is 13.2 Å². The lowest BCUT2D eigenvalue weighted by Crippen LogP contribution is -2.32. The highest BCUT2D eigenvalue weighted by Gasteiger charge is 2.39. The third kappa shape index (κ3) is 4.05. The fraction of sp³-hybridized carbons (Fsp3) is 0.875. The van der Waals surface area contributed by atoms with Gasteiger partial charge in [0, 0.05) is 13.0 Å². The van der Waals surface area contributed by atoms with Crippen molar-refractivity contribution in [1.29, 1.82) is 0 Å². The van der Waals surface area contributed by atoms with Crippen molar-refractivity contribution in [3.63, 3.8) is 0 Å². The van der Waals surface area contributed by atoms with Crippen molar-refractivity contribution in [1.82, 2.24) is 5.32 Å². The lowest BCUT2D eigenvalue weighted by atomic mass is 10.2. The predicted molar refractivity (Wildman–Crippen MR) is 44.0 cm³/mol. The van der Waals surface area contributed by atoms with Crippen LogP contribution in [0.3, 0.4) is 0 Å². The van der Waals surface area contributed by atoms with Crippen LogP contribution in [0.4, 0.5) is 13.2 Å². The first kappa shape index (κ1) is 12.3. The summed E-state index contributed by atoms with van der Waals surface area (Å²) in [7, 11) is 0. The Hall–Kier alpha value is -0.820. The molecule has 7 heteroatoms. The first-order valence-corrected chi connectivity index (χ1v) is 4.57. The van der Waals surface area contributed by atoms with E-state index in [1.54, 1.807) is 6.92 Å². The average Bonchev–Trinajstić information content (AvgIpc) is 2.50. The predicted octanol–water partition coefficient (Wildman–Crippen LogP) is 0.816. The van der Waals surface area contributed by atoms with E-state index in [0.717, 1.165) is 0 Å². The lowest BCUT2D eigenvalue weighted by Gasteiger charge is -2.12. The van der Waals surface area contributed by atoms with Crippen LogP contribution in [-0.2, 0) is 14.3 Å². The number of hydrogen-bond donors (Lipinski definition) is 1. The molecule has 0 saturated carbocycles. The summed E-state index contributed by atoms with van der Waals surface area (Å²) in [6.07, 6.45) is -5.69. The van der Waals surface area contributed by atoms with Crippen molar-refractivity contribution in [3.05, 3.63) is 0 Å². The molecule has 1 aliphatic heterocycles. The standard InChI is InChI=1S/C8H12F3NO3/c1-2-14-7(13)6-3-5(4-12-6)15-8(9,10)11/h5-6,12H,2-4H2,1H3/t5-,6+/m0/s1. The van der Waals surface area contributed by atoms with Crippen molar-refractivity contribution >= 4 is 5.97 Å². The second-order valence-corrected chi connectivity index (χ2v) is 3.13. The largest absolute Gasteiger partial charge is 0.522 e. The van der Waals surface area contributed by atoms with Gasteiger partial charge in [0.25, 0.3) is 0 Å². The molecule has 1 rings (SSSR count). The van der Waals surface area contributed by atoms with Gasteiger partial charge in [-0.2, -0.15) is 0 Å². The summed E-state index contributed by atoms with van der Waals surface area (Å²) in [5.74, 6) is -0.536. The van der Waals surface area contributed by atoms with Gasteiger partial charge in [-0.05, 0) is 6.92 Å². The number of rotatable bonds is 3. The van der Waals surface area contributed by atoms with Gasteiger partial charge in [0.15, 0.2) is 0 Å². The molecule has 1 N–H and O–H groups in total. The highest BCUT2D eigenvalue weighted by atomic mass is 19.4. The van der Waals surface area contributed by atoms with Crippen molar-refractivity contribution in [2.24, 2.45) is 0 Å². The molecule has 0 aromatic carbocycles. The molecule has 4 nitrogen and oxygen atoms in total. The number of nitrogens with one attached hydrogen (secondary N) is 1. The summed E-state index contributed by atoms with van der Waals surface area (Å²) in [6.45, 7) is 1.85. The first-order valence-electron chi connectivity index (χ1n) is 4.57. The van der Waals surface area contributed by atoms with Crippen LogP contribution in [0.15, 0.2) is 0 Å². The SMILES string of the molecule is CCOC(=O)[C@H]1C[C@H](OC(F)(F)F)CN1. The molecule has 0 aromatic rings. The van der Waals surface area contributed by atoms with E-state index in [9.17, 15) is 18.0 Å². The van der Waals surface area contributed by atoms with Gasteiger partial charge in [-0.1, -0.05) is 0 Å². The third-order valence-electron chi connectivity index (χ3n) is 1.96. The van der Waals surface area contributed by atoms with Crippen LogP contribution in [-0.4, -0.2) is 37.6 Å². The normalized spacial score (nSPS) is 26.7. The Morgan fingerprint density at radius 2 is 2.20 bits per heavy atom. The number of ether oxygens (including phenoxy) is 2. The maximum absolute atomic E-state index is 11.8. The highest BCUT2D eigenvalue weighted by Crippen LogP contribution is 2.23. The second kappa shape index (κ2) is 4.80. The van der Waals surface area contributed by atoms with Crippen LogP contribution >= 0.6 is 0 Å². The van der Waals surface area contributed by atoms with Crippen LogP contribution in [0, 0.1) is 0 Å². The molecule has 1 saturated heterocycles. The number of carbonyl (C=O) groups is 1. The average molecular weight is 227 g/mol. The summed E-state index contributed by atoms with van der Waals surface area (Å²) in [6, 6.07) is -0.697. The molecule has 0 bridgehead atoms. The van der Waals surface area contributed by atoms with Crippen LogP contribution < -0.4 is 5.32 Å². The van der Waals surface area contributed by atoms with Crippen molar-refractivity contribution in [3.8, 4) is 0 Å². The van der Waals surface area contributed by atoms with Crippen LogP contribution in [0.2, 0.25) is 0 Å². The molecule has 0 amide bonds. The molecule has 0 unspecified atom stereocenters. The molecular weight excluding hydrogens is 215 g/mol. The third-order valence-corrected chi connectivity index (χ3v) is 1.96. The Morgan fingerprint density at radius 3 is 2.73 bits per heavy atom. The van der Waals surface area contributed by atoms with Gasteiger partial charge in [0.2, 0.25) is 0 Å². The van der Waals surface area contributed by atoms with Gasteiger partial charge >= 0.3 is 12.3 Å². The molecule has 15 heavy (non-hydrogen) atoms. The molecule has 1 fully saturated rings. The summed E-state index contributed by atoms with van der Waals surface area (Å²) in [4.78, 5) is 11.1. The zero-order valence-corrected chi connectivity index (χ0v) is 8.13. The van der Waals surface area contributed by atoms with E-state index in [1.807, 2.05) is 0 Å². The highest BCUT2D eigenvalue weighted by molar-refractivity contribution is 5.76. The van der Waals surface area contributed by atoms with E-state index < -0.39 is 24.5 Å². The van der Waals surface area contributed by atoms with Crippen molar-refractivity contribution < 1.29 is 27.4 Å². The fourth-order valence-corrected chi connectivity index (χ4v) is 1.40. The van der Waals surface area contributed by atoms with Crippen LogP contribution in [0.1, 0.15) is 13.3 Å². The smallest absolute Gasteiger partial charge is 0.465 e. The van der Waals surface area contributed by atoms with Gasteiger partial charge in [0.05, 0.1) is 12.7 Å². The lowest BCUT2D eigenvalue weighted by molar-refractivity contribution is -0.340.